The molecule has 0 bridgehead atoms. The second-order valence-corrected chi connectivity index (χ2v) is 10.8. The van der Waals surface area contributed by atoms with E-state index in [4.69, 9.17) is 9.47 Å². The van der Waals surface area contributed by atoms with Crippen molar-refractivity contribution in [2.24, 2.45) is 0 Å². The predicted molar refractivity (Wildman–Crippen MR) is 142 cm³/mol. The predicted octanol–water partition coefficient (Wildman–Crippen LogP) is 5.98. The molecule has 1 unspecified atom stereocenters. The molecule has 36 heavy (non-hydrogen) atoms. The largest absolute Gasteiger partial charge is 0.487 e. The van der Waals surface area contributed by atoms with E-state index in [9.17, 15) is 9.59 Å². The van der Waals surface area contributed by atoms with Gasteiger partial charge in [0.15, 0.2) is 0 Å². The minimum absolute atomic E-state index is 0.0655. The summed E-state index contributed by atoms with van der Waals surface area (Å²) >= 11 is 0. The molecule has 4 rings (SSSR count). The van der Waals surface area contributed by atoms with Gasteiger partial charge in [-0.3, -0.25) is 9.59 Å². The highest BCUT2D eigenvalue weighted by Gasteiger charge is 2.35. The van der Waals surface area contributed by atoms with Crippen molar-refractivity contribution in [1.29, 1.82) is 0 Å². The lowest BCUT2D eigenvalue weighted by atomic mass is 9.90. The molecule has 0 radical (unpaired) electrons. The maximum Gasteiger partial charge on any atom is 0.257 e. The average molecular weight is 499 g/mol. The number of hydrogen-bond acceptors (Lipinski definition) is 4. The van der Waals surface area contributed by atoms with Crippen LogP contribution in [0.15, 0.2) is 24.3 Å². The van der Waals surface area contributed by atoms with Gasteiger partial charge in [0.05, 0.1) is 17.7 Å². The van der Waals surface area contributed by atoms with E-state index in [0.717, 1.165) is 110 Å². The van der Waals surface area contributed by atoms with E-state index in [2.05, 4.69) is 11.8 Å². The molecule has 200 valence electrons. The normalized spacial score (nSPS) is 26.4. The fraction of sp³-hybridized carbons (Fsp3) is 0.733. The van der Waals surface area contributed by atoms with Crippen LogP contribution in [0.25, 0.3) is 0 Å². The summed E-state index contributed by atoms with van der Waals surface area (Å²) in [6.07, 6.45) is 14.2. The number of ether oxygens (including phenoxy) is 2. The molecule has 1 aromatic rings. The molecule has 2 amide bonds. The van der Waals surface area contributed by atoms with Gasteiger partial charge in [0, 0.05) is 32.7 Å². The van der Waals surface area contributed by atoms with Crippen LogP contribution >= 0.6 is 0 Å². The summed E-state index contributed by atoms with van der Waals surface area (Å²) in [4.78, 5) is 31.3. The monoisotopic (exact) mass is 498 g/mol. The fourth-order valence-electron chi connectivity index (χ4n) is 6.13. The van der Waals surface area contributed by atoms with E-state index in [0.29, 0.717) is 17.7 Å². The number of para-hydroxylation sites is 1. The Balaban J connectivity index is 1.56. The molecule has 1 saturated carbocycles. The van der Waals surface area contributed by atoms with Crippen LogP contribution in [0.2, 0.25) is 0 Å². The molecule has 0 spiro atoms. The second-order valence-electron chi connectivity index (χ2n) is 10.8. The van der Waals surface area contributed by atoms with Crippen molar-refractivity contribution in [1.82, 2.24) is 9.80 Å². The summed E-state index contributed by atoms with van der Waals surface area (Å²) in [5, 5.41) is 0. The van der Waals surface area contributed by atoms with E-state index in [1.165, 1.54) is 0 Å². The Morgan fingerprint density at radius 3 is 2.53 bits per heavy atom. The van der Waals surface area contributed by atoms with Gasteiger partial charge in [-0.25, -0.2) is 0 Å². The lowest BCUT2D eigenvalue weighted by Crippen LogP contribution is -2.51. The van der Waals surface area contributed by atoms with Crippen LogP contribution < -0.4 is 4.74 Å². The number of benzene rings is 1. The first kappa shape index (κ1) is 27.0. The maximum absolute atomic E-state index is 13.6. The van der Waals surface area contributed by atoms with Crippen molar-refractivity contribution in [2.75, 3.05) is 26.2 Å². The average Bonchev–Trinajstić information content (AvgIpc) is 3.42. The van der Waals surface area contributed by atoms with Gasteiger partial charge in [-0.1, -0.05) is 44.7 Å². The Labute approximate surface area is 217 Å². The van der Waals surface area contributed by atoms with Gasteiger partial charge < -0.3 is 19.3 Å². The summed E-state index contributed by atoms with van der Waals surface area (Å²) in [7, 11) is 0. The van der Waals surface area contributed by atoms with Gasteiger partial charge in [0.25, 0.3) is 5.91 Å². The van der Waals surface area contributed by atoms with Crippen molar-refractivity contribution in [3.05, 3.63) is 29.8 Å². The first-order valence-electron chi connectivity index (χ1n) is 14.6. The number of fused-ring (bicyclic) bond motifs is 2. The molecule has 6 nitrogen and oxygen atoms in total. The summed E-state index contributed by atoms with van der Waals surface area (Å²) in [6.45, 7) is 5.32. The fourth-order valence-corrected chi connectivity index (χ4v) is 6.13. The van der Waals surface area contributed by atoms with Crippen molar-refractivity contribution in [3.8, 4) is 5.75 Å². The zero-order valence-corrected chi connectivity index (χ0v) is 22.3. The van der Waals surface area contributed by atoms with Crippen LogP contribution in [0.4, 0.5) is 0 Å². The third kappa shape index (κ3) is 7.24. The molecule has 1 aromatic carbocycles. The highest BCUT2D eigenvalue weighted by molar-refractivity contribution is 5.97. The molecular formula is C30H46N2O4. The minimum Gasteiger partial charge on any atom is -0.487 e. The standard InChI is InChI=1S/C30H46N2O4/c1-2-20-31-21-10-4-3-5-11-22-32(29(33)19-18-24-13-12-23-35-24)26-15-7-9-17-28(26)36-27-16-8-6-14-25(27)30(31)34/h6,8,14,16,24,26,28H,2-5,7,9-13,15,17-23H2,1H3/t24?,26-,28+/m1/s1. The SMILES string of the molecule is CCCN1CCCCCCCN(C(=O)CCC2CCCO2)[C@@H]2CCCC[C@@H]2Oc2ccccc2C1=O. The Morgan fingerprint density at radius 2 is 1.72 bits per heavy atom. The van der Waals surface area contributed by atoms with Gasteiger partial charge in [-0.15, -0.1) is 0 Å². The molecule has 2 aliphatic heterocycles. The van der Waals surface area contributed by atoms with Crippen LogP contribution in [0.1, 0.15) is 107 Å². The van der Waals surface area contributed by atoms with Crippen LogP contribution in [0.5, 0.6) is 5.75 Å². The molecular weight excluding hydrogens is 452 g/mol. The van der Waals surface area contributed by atoms with Crippen molar-refractivity contribution < 1.29 is 19.1 Å². The number of rotatable bonds is 5. The van der Waals surface area contributed by atoms with E-state index < -0.39 is 0 Å². The highest BCUT2D eigenvalue weighted by Crippen LogP contribution is 2.31. The third-order valence-corrected chi connectivity index (χ3v) is 8.10. The molecule has 6 heteroatoms. The topological polar surface area (TPSA) is 59.1 Å². The minimum atomic E-state index is -0.0795. The zero-order chi connectivity index (χ0) is 25.2. The van der Waals surface area contributed by atoms with E-state index >= 15 is 0 Å². The smallest absolute Gasteiger partial charge is 0.257 e. The summed E-state index contributed by atoms with van der Waals surface area (Å²) in [5.74, 6) is 0.982. The Bertz CT molecular complexity index is 838. The van der Waals surface area contributed by atoms with Crippen molar-refractivity contribution in [2.45, 2.75) is 115 Å². The number of carbonyl (C=O) groups excluding carboxylic acids is 2. The van der Waals surface area contributed by atoms with Crippen LogP contribution in [0.3, 0.4) is 0 Å². The zero-order valence-electron chi connectivity index (χ0n) is 22.3. The lowest BCUT2D eigenvalue weighted by Gasteiger charge is -2.40. The molecule has 3 aliphatic rings. The molecule has 2 fully saturated rings. The van der Waals surface area contributed by atoms with Gasteiger partial charge in [0.1, 0.15) is 11.9 Å². The Hall–Kier alpha value is -2.08. The molecule has 0 aromatic heterocycles. The second kappa shape index (κ2) is 14.0. The van der Waals surface area contributed by atoms with Gasteiger partial charge in [-0.2, -0.15) is 0 Å². The van der Waals surface area contributed by atoms with Crippen molar-refractivity contribution in [3.63, 3.8) is 0 Å². The van der Waals surface area contributed by atoms with E-state index in [-0.39, 0.29) is 30.1 Å². The van der Waals surface area contributed by atoms with Gasteiger partial charge in [0.2, 0.25) is 5.91 Å². The van der Waals surface area contributed by atoms with Crippen LogP contribution in [-0.4, -0.2) is 66.1 Å². The third-order valence-electron chi connectivity index (χ3n) is 8.10. The van der Waals surface area contributed by atoms with Gasteiger partial charge in [-0.05, 0) is 69.9 Å². The first-order valence-corrected chi connectivity index (χ1v) is 14.6. The molecule has 3 atom stereocenters. The summed E-state index contributed by atoms with van der Waals surface area (Å²) < 4.78 is 12.5. The maximum atomic E-state index is 13.6. The number of amides is 2. The quantitative estimate of drug-likeness (QED) is 0.501. The van der Waals surface area contributed by atoms with Crippen molar-refractivity contribution >= 4 is 11.8 Å². The number of carbonyl (C=O) groups is 2. The lowest BCUT2D eigenvalue weighted by molar-refractivity contribution is -0.137. The van der Waals surface area contributed by atoms with Crippen LogP contribution in [-0.2, 0) is 9.53 Å². The molecule has 0 N–H and O–H groups in total. The number of hydrogen-bond donors (Lipinski definition) is 0. The molecule has 2 heterocycles. The summed E-state index contributed by atoms with van der Waals surface area (Å²) in [5.41, 5.74) is 0.654. The summed E-state index contributed by atoms with van der Waals surface area (Å²) in [6, 6.07) is 7.78. The Morgan fingerprint density at radius 1 is 0.944 bits per heavy atom. The van der Waals surface area contributed by atoms with E-state index in [1.54, 1.807) is 0 Å². The first-order chi connectivity index (χ1) is 17.7. The molecule has 1 aliphatic carbocycles. The van der Waals surface area contributed by atoms with Crippen LogP contribution in [0, 0.1) is 0 Å². The highest BCUT2D eigenvalue weighted by atomic mass is 16.5. The number of nitrogens with zero attached hydrogens (tertiary/aromatic N) is 2. The van der Waals surface area contributed by atoms with Gasteiger partial charge >= 0.3 is 0 Å². The molecule has 1 saturated heterocycles. The Kier molecular flexibility index (Phi) is 10.5. The van der Waals surface area contributed by atoms with E-state index in [1.807, 2.05) is 29.2 Å².